The summed E-state index contributed by atoms with van der Waals surface area (Å²) in [5, 5.41) is 11.6. The molecule has 0 unspecified atom stereocenters. The third-order valence-electron chi connectivity index (χ3n) is 4.62. The largest absolute Gasteiger partial charge is 0.495 e. The first kappa shape index (κ1) is 21.1. The molecular weight excluding hydrogens is 412 g/mol. The van der Waals surface area contributed by atoms with Crippen LogP contribution in [0.2, 0.25) is 5.02 Å². The Morgan fingerprint density at radius 3 is 2.50 bits per heavy atom. The second-order valence-corrected chi connectivity index (χ2v) is 6.69. The van der Waals surface area contributed by atoms with Crippen molar-refractivity contribution in [1.29, 1.82) is 0 Å². The zero-order valence-electron chi connectivity index (χ0n) is 16.3. The van der Waals surface area contributed by atoms with Gasteiger partial charge in [0, 0.05) is 11.8 Å². The molecule has 0 N–H and O–H groups in total. The van der Waals surface area contributed by atoms with Gasteiger partial charge < -0.3 is 9.47 Å². The number of allylic oxidation sites excluding steroid dienone is 1. The predicted molar refractivity (Wildman–Crippen MR) is 111 cm³/mol. The van der Waals surface area contributed by atoms with Crippen molar-refractivity contribution in [2.24, 2.45) is 0 Å². The molecule has 0 saturated heterocycles. The topological polar surface area (TPSA) is 99.0 Å². The average molecular weight is 429 g/mol. The van der Waals surface area contributed by atoms with Crippen LogP contribution in [0.5, 0.6) is 5.75 Å². The number of nitrogens with zero attached hydrogens (tertiary/aromatic N) is 2. The maximum Gasteiger partial charge on any atom is 0.340 e. The van der Waals surface area contributed by atoms with E-state index in [4.69, 9.17) is 21.1 Å². The summed E-state index contributed by atoms with van der Waals surface area (Å²) in [6.07, 6.45) is 1.32. The van der Waals surface area contributed by atoms with Crippen LogP contribution in [0.1, 0.15) is 12.5 Å². The molecule has 154 valence electrons. The van der Waals surface area contributed by atoms with E-state index in [1.165, 1.54) is 49.5 Å². The van der Waals surface area contributed by atoms with Gasteiger partial charge in [-0.2, -0.15) is 0 Å². The summed E-state index contributed by atoms with van der Waals surface area (Å²) in [5.41, 5.74) is 0.738. The Bertz CT molecular complexity index is 1120. The summed E-state index contributed by atoms with van der Waals surface area (Å²) in [7, 11) is 2.67. The Balaban J connectivity index is 2.18. The number of carbonyl (C=O) groups excluding carboxylic acids is 2. The number of halogens is 1. The molecule has 0 saturated carbocycles. The fraction of sp³-hybridized carbons (Fsp3) is 0.143. The van der Waals surface area contributed by atoms with Gasteiger partial charge in [0.2, 0.25) is 0 Å². The molecule has 1 aliphatic rings. The van der Waals surface area contributed by atoms with Crippen LogP contribution in [0.4, 0.5) is 11.4 Å². The third-order valence-corrected chi connectivity index (χ3v) is 4.91. The van der Waals surface area contributed by atoms with E-state index in [9.17, 15) is 19.7 Å². The number of anilines is 1. The van der Waals surface area contributed by atoms with Crippen molar-refractivity contribution in [1.82, 2.24) is 0 Å². The Kier molecular flexibility index (Phi) is 5.89. The predicted octanol–water partition coefficient (Wildman–Crippen LogP) is 4.13. The number of hydrogen-bond acceptors (Lipinski definition) is 6. The molecule has 2 aromatic rings. The second-order valence-electron chi connectivity index (χ2n) is 6.29. The number of nitro groups is 1. The number of esters is 1. The molecule has 0 radical (unpaired) electrons. The van der Waals surface area contributed by atoms with Crippen LogP contribution in [-0.4, -0.2) is 31.0 Å². The number of amides is 1. The fourth-order valence-electron chi connectivity index (χ4n) is 3.22. The molecular formula is C21H17ClN2O6. The summed E-state index contributed by atoms with van der Waals surface area (Å²) >= 11 is 6.19. The Labute approximate surface area is 177 Å². The van der Waals surface area contributed by atoms with E-state index in [0.29, 0.717) is 17.1 Å². The van der Waals surface area contributed by atoms with Gasteiger partial charge in [-0.05, 0) is 37.3 Å². The number of rotatable bonds is 5. The molecule has 9 heteroatoms. The summed E-state index contributed by atoms with van der Waals surface area (Å²) in [4.78, 5) is 37.8. The van der Waals surface area contributed by atoms with E-state index >= 15 is 0 Å². The quantitative estimate of drug-likeness (QED) is 0.307. The number of nitro benzene ring substituents is 1. The van der Waals surface area contributed by atoms with Gasteiger partial charge in [-0.1, -0.05) is 23.7 Å². The molecule has 30 heavy (non-hydrogen) atoms. The molecule has 3 rings (SSSR count). The third kappa shape index (κ3) is 3.65. The minimum absolute atomic E-state index is 0.0133. The lowest BCUT2D eigenvalue weighted by Gasteiger charge is -2.19. The smallest absolute Gasteiger partial charge is 0.340 e. The van der Waals surface area contributed by atoms with Gasteiger partial charge in [-0.3, -0.25) is 19.8 Å². The van der Waals surface area contributed by atoms with E-state index in [0.717, 1.165) is 0 Å². The van der Waals surface area contributed by atoms with Crippen LogP contribution < -0.4 is 9.64 Å². The molecule has 1 aliphatic heterocycles. The zero-order valence-corrected chi connectivity index (χ0v) is 17.1. The van der Waals surface area contributed by atoms with E-state index in [1.807, 2.05) is 0 Å². The first-order valence-corrected chi connectivity index (χ1v) is 9.10. The highest BCUT2D eigenvalue weighted by atomic mass is 35.5. The van der Waals surface area contributed by atoms with E-state index in [1.54, 1.807) is 25.1 Å². The molecule has 0 fully saturated rings. The first-order chi connectivity index (χ1) is 14.3. The summed E-state index contributed by atoms with van der Waals surface area (Å²) in [6, 6.07) is 10.7. The Morgan fingerprint density at radius 2 is 1.90 bits per heavy atom. The summed E-state index contributed by atoms with van der Waals surface area (Å²) in [6.45, 7) is 1.59. The minimum Gasteiger partial charge on any atom is -0.495 e. The molecule has 0 spiro atoms. The number of para-hydroxylation sites is 1. The van der Waals surface area contributed by atoms with Gasteiger partial charge >= 0.3 is 5.97 Å². The fourth-order valence-corrected chi connectivity index (χ4v) is 3.47. The minimum atomic E-state index is -0.729. The van der Waals surface area contributed by atoms with Crippen LogP contribution in [0, 0.1) is 10.1 Å². The number of ether oxygens (including phenoxy) is 2. The Hall–Kier alpha value is -3.65. The summed E-state index contributed by atoms with van der Waals surface area (Å²) < 4.78 is 9.98. The van der Waals surface area contributed by atoms with Crippen molar-refractivity contribution in [2.75, 3.05) is 19.1 Å². The van der Waals surface area contributed by atoms with Gasteiger partial charge in [-0.25, -0.2) is 4.79 Å². The number of hydrogen-bond donors (Lipinski definition) is 0. The van der Waals surface area contributed by atoms with Crippen LogP contribution in [-0.2, 0) is 14.3 Å². The normalized spacial score (nSPS) is 15.0. The van der Waals surface area contributed by atoms with Crippen LogP contribution in [0.3, 0.4) is 0 Å². The van der Waals surface area contributed by atoms with Crippen LogP contribution in [0.15, 0.2) is 59.3 Å². The van der Waals surface area contributed by atoms with Gasteiger partial charge in [0.1, 0.15) is 5.75 Å². The molecule has 0 aromatic heterocycles. The molecule has 2 aromatic carbocycles. The molecule has 8 nitrogen and oxygen atoms in total. The maximum atomic E-state index is 13.3. The first-order valence-electron chi connectivity index (χ1n) is 8.72. The standard InChI is InChI=1S/C21H17ClN2O6/c1-12-19(21(26)30-3)15(10-13-6-4-5-7-17(13)24(27)28)20(25)23(12)14-8-9-18(29-2)16(22)11-14/h4-11H,1-3H3. The van der Waals surface area contributed by atoms with Gasteiger partial charge in [0.05, 0.1) is 46.6 Å². The molecule has 0 aliphatic carbocycles. The van der Waals surface area contributed by atoms with E-state index in [-0.39, 0.29) is 27.4 Å². The van der Waals surface area contributed by atoms with Gasteiger partial charge in [0.15, 0.2) is 0 Å². The van der Waals surface area contributed by atoms with Crippen molar-refractivity contribution in [2.45, 2.75) is 6.92 Å². The molecule has 1 heterocycles. The second kappa shape index (κ2) is 8.38. The number of carbonyl (C=O) groups is 2. The Morgan fingerprint density at radius 1 is 1.20 bits per heavy atom. The maximum absolute atomic E-state index is 13.3. The number of benzene rings is 2. The monoisotopic (exact) mass is 428 g/mol. The lowest BCUT2D eigenvalue weighted by molar-refractivity contribution is -0.385. The highest BCUT2D eigenvalue weighted by molar-refractivity contribution is 6.32. The van der Waals surface area contributed by atoms with Gasteiger partial charge in [0.25, 0.3) is 11.6 Å². The van der Waals surface area contributed by atoms with Gasteiger partial charge in [-0.15, -0.1) is 0 Å². The zero-order chi connectivity index (χ0) is 22.0. The van der Waals surface area contributed by atoms with Crippen molar-refractivity contribution in [3.8, 4) is 5.75 Å². The van der Waals surface area contributed by atoms with Crippen molar-refractivity contribution in [3.05, 3.63) is 80.0 Å². The van der Waals surface area contributed by atoms with Crippen molar-refractivity contribution < 1.29 is 24.0 Å². The highest BCUT2D eigenvalue weighted by Gasteiger charge is 2.38. The summed E-state index contributed by atoms with van der Waals surface area (Å²) in [5.74, 6) is -0.836. The molecule has 0 atom stereocenters. The van der Waals surface area contributed by atoms with E-state index in [2.05, 4.69) is 0 Å². The van der Waals surface area contributed by atoms with E-state index < -0.39 is 16.8 Å². The lowest BCUT2D eigenvalue weighted by Crippen LogP contribution is -2.24. The van der Waals surface area contributed by atoms with Crippen molar-refractivity contribution >= 4 is 40.9 Å². The SMILES string of the molecule is COC(=O)C1=C(C)N(c2ccc(OC)c(Cl)c2)C(=O)C1=Cc1ccccc1[N+](=O)[O-]. The molecule has 0 bridgehead atoms. The lowest BCUT2D eigenvalue weighted by atomic mass is 10.0. The van der Waals surface area contributed by atoms with Crippen LogP contribution >= 0.6 is 11.6 Å². The van der Waals surface area contributed by atoms with Crippen LogP contribution in [0.25, 0.3) is 6.08 Å². The highest BCUT2D eigenvalue weighted by Crippen LogP contribution is 2.38. The number of methoxy groups -OCH3 is 2. The average Bonchev–Trinajstić information content (AvgIpc) is 2.97. The van der Waals surface area contributed by atoms with Crippen molar-refractivity contribution in [3.63, 3.8) is 0 Å². The molecule has 1 amide bonds.